The van der Waals surface area contributed by atoms with Crippen LogP contribution in [0.5, 0.6) is 11.5 Å². The topological polar surface area (TPSA) is 47.6 Å². The van der Waals surface area contributed by atoms with Crippen LogP contribution in [0.25, 0.3) is 0 Å². The van der Waals surface area contributed by atoms with Crippen LogP contribution in [0.3, 0.4) is 0 Å². The van der Waals surface area contributed by atoms with Gasteiger partial charge in [-0.05, 0) is 42.3 Å². The van der Waals surface area contributed by atoms with Crippen LogP contribution in [0.1, 0.15) is 15.9 Å². The number of nitrogens with one attached hydrogen (secondary N) is 1. The van der Waals surface area contributed by atoms with Crippen molar-refractivity contribution in [3.05, 3.63) is 59.4 Å². The first-order valence-corrected chi connectivity index (χ1v) is 6.89. The van der Waals surface area contributed by atoms with Gasteiger partial charge < -0.3 is 14.8 Å². The Labute approximate surface area is 128 Å². The first-order valence-electron chi connectivity index (χ1n) is 6.89. The summed E-state index contributed by atoms with van der Waals surface area (Å²) in [4.78, 5) is 11.9. The molecule has 0 fully saturated rings. The van der Waals surface area contributed by atoms with Crippen molar-refractivity contribution in [2.45, 2.75) is 6.42 Å². The van der Waals surface area contributed by atoms with Gasteiger partial charge in [-0.15, -0.1) is 0 Å². The predicted octanol–water partition coefficient (Wildman–Crippen LogP) is 2.82. The number of benzene rings is 2. The summed E-state index contributed by atoms with van der Waals surface area (Å²) in [6.45, 7) is 0.372. The fourth-order valence-electron chi connectivity index (χ4n) is 2.13. The van der Waals surface area contributed by atoms with Crippen molar-refractivity contribution in [3.8, 4) is 11.5 Å². The first-order chi connectivity index (χ1) is 10.7. The van der Waals surface area contributed by atoms with E-state index in [1.54, 1.807) is 32.4 Å². The number of hydrogen-bond donors (Lipinski definition) is 1. The SMILES string of the molecule is COc1ccc(OC)c(CCNC(=O)c2ccccc2F)c1. The number of amides is 1. The maximum atomic E-state index is 13.5. The second-order valence-electron chi connectivity index (χ2n) is 4.66. The van der Waals surface area contributed by atoms with Crippen LogP contribution in [0.15, 0.2) is 42.5 Å². The quantitative estimate of drug-likeness (QED) is 0.892. The van der Waals surface area contributed by atoms with Crippen molar-refractivity contribution in [1.82, 2.24) is 5.32 Å². The highest BCUT2D eigenvalue weighted by Gasteiger charge is 2.11. The van der Waals surface area contributed by atoms with E-state index in [1.165, 1.54) is 12.1 Å². The molecular weight excluding hydrogens is 285 g/mol. The average molecular weight is 303 g/mol. The van der Waals surface area contributed by atoms with Crippen LogP contribution in [0, 0.1) is 5.82 Å². The molecule has 0 radical (unpaired) electrons. The minimum Gasteiger partial charge on any atom is -0.497 e. The monoisotopic (exact) mass is 303 g/mol. The van der Waals surface area contributed by atoms with E-state index in [2.05, 4.69) is 5.32 Å². The van der Waals surface area contributed by atoms with Crippen LogP contribution in [0.4, 0.5) is 4.39 Å². The normalized spacial score (nSPS) is 10.1. The van der Waals surface area contributed by atoms with E-state index >= 15 is 0 Å². The molecule has 0 atom stereocenters. The molecule has 2 rings (SSSR count). The highest BCUT2D eigenvalue weighted by Crippen LogP contribution is 2.24. The summed E-state index contributed by atoms with van der Waals surface area (Å²) in [6, 6.07) is 11.4. The van der Waals surface area contributed by atoms with Gasteiger partial charge in [-0.1, -0.05) is 12.1 Å². The van der Waals surface area contributed by atoms with E-state index in [0.29, 0.717) is 13.0 Å². The summed E-state index contributed by atoms with van der Waals surface area (Å²) in [7, 11) is 3.18. The minimum atomic E-state index is -0.529. The molecular formula is C17H18FNO3. The molecule has 0 aliphatic heterocycles. The number of carbonyl (C=O) groups excluding carboxylic acids is 1. The minimum absolute atomic E-state index is 0.0418. The summed E-state index contributed by atoms with van der Waals surface area (Å²) in [5.74, 6) is 0.482. The van der Waals surface area contributed by atoms with Crippen LogP contribution in [-0.2, 0) is 6.42 Å². The first kappa shape index (κ1) is 15.8. The second-order valence-corrected chi connectivity index (χ2v) is 4.66. The maximum absolute atomic E-state index is 13.5. The maximum Gasteiger partial charge on any atom is 0.254 e. The lowest BCUT2D eigenvalue weighted by molar-refractivity contribution is 0.0950. The third-order valence-corrected chi connectivity index (χ3v) is 3.29. The lowest BCUT2D eigenvalue weighted by atomic mass is 10.1. The van der Waals surface area contributed by atoms with Crippen LogP contribution >= 0.6 is 0 Å². The number of halogens is 1. The van der Waals surface area contributed by atoms with E-state index in [9.17, 15) is 9.18 Å². The van der Waals surface area contributed by atoms with E-state index in [4.69, 9.17) is 9.47 Å². The zero-order chi connectivity index (χ0) is 15.9. The zero-order valence-electron chi connectivity index (χ0n) is 12.6. The fraction of sp³-hybridized carbons (Fsp3) is 0.235. The van der Waals surface area contributed by atoms with Gasteiger partial charge in [0.1, 0.15) is 17.3 Å². The van der Waals surface area contributed by atoms with Crippen molar-refractivity contribution in [1.29, 1.82) is 0 Å². The molecule has 22 heavy (non-hydrogen) atoms. The van der Waals surface area contributed by atoms with Crippen molar-refractivity contribution in [3.63, 3.8) is 0 Å². The van der Waals surface area contributed by atoms with Gasteiger partial charge in [-0.3, -0.25) is 4.79 Å². The van der Waals surface area contributed by atoms with Crippen LogP contribution in [0.2, 0.25) is 0 Å². The molecule has 0 aromatic heterocycles. The van der Waals surface area contributed by atoms with Crippen molar-refractivity contribution < 1.29 is 18.7 Å². The molecule has 5 heteroatoms. The Balaban J connectivity index is 1.99. The van der Waals surface area contributed by atoms with Crippen LogP contribution in [-0.4, -0.2) is 26.7 Å². The number of methoxy groups -OCH3 is 2. The van der Waals surface area contributed by atoms with Gasteiger partial charge in [-0.25, -0.2) is 4.39 Å². The van der Waals surface area contributed by atoms with Crippen LogP contribution < -0.4 is 14.8 Å². The lowest BCUT2D eigenvalue weighted by Crippen LogP contribution is -2.26. The Hall–Kier alpha value is -2.56. The molecule has 0 saturated heterocycles. The third-order valence-electron chi connectivity index (χ3n) is 3.29. The molecule has 0 saturated carbocycles. The van der Waals surface area contributed by atoms with E-state index in [-0.39, 0.29) is 5.56 Å². The van der Waals surface area contributed by atoms with Gasteiger partial charge in [0.25, 0.3) is 5.91 Å². The largest absolute Gasteiger partial charge is 0.497 e. The molecule has 0 spiro atoms. The zero-order valence-corrected chi connectivity index (χ0v) is 12.6. The molecule has 0 aliphatic rings. The number of rotatable bonds is 6. The molecule has 1 N–H and O–H groups in total. The third kappa shape index (κ3) is 3.75. The van der Waals surface area contributed by atoms with Gasteiger partial charge >= 0.3 is 0 Å². The van der Waals surface area contributed by atoms with E-state index < -0.39 is 11.7 Å². The second kappa shape index (κ2) is 7.45. The van der Waals surface area contributed by atoms with Gasteiger partial charge in [-0.2, -0.15) is 0 Å². The molecule has 116 valence electrons. The Morgan fingerprint density at radius 1 is 1.14 bits per heavy atom. The molecule has 1 amide bonds. The van der Waals surface area contributed by atoms with Crippen molar-refractivity contribution in [2.75, 3.05) is 20.8 Å². The standard InChI is InChI=1S/C17H18FNO3/c1-21-13-7-8-16(22-2)12(11-13)9-10-19-17(20)14-5-3-4-6-15(14)18/h3-8,11H,9-10H2,1-2H3,(H,19,20). The fourth-order valence-corrected chi connectivity index (χ4v) is 2.13. The highest BCUT2D eigenvalue weighted by atomic mass is 19.1. The molecule has 0 unspecified atom stereocenters. The summed E-state index contributed by atoms with van der Waals surface area (Å²) < 4.78 is 24.0. The Kier molecular flexibility index (Phi) is 5.36. The number of hydrogen-bond acceptors (Lipinski definition) is 3. The van der Waals surface area contributed by atoms with Gasteiger partial charge in [0, 0.05) is 6.54 Å². The number of ether oxygens (including phenoxy) is 2. The molecule has 0 bridgehead atoms. The summed E-state index contributed by atoms with van der Waals surface area (Å²) in [6.07, 6.45) is 0.556. The molecule has 2 aromatic carbocycles. The molecule has 2 aromatic rings. The summed E-state index contributed by atoms with van der Waals surface area (Å²) in [5, 5.41) is 2.70. The molecule has 0 aliphatic carbocycles. The highest BCUT2D eigenvalue weighted by molar-refractivity contribution is 5.94. The smallest absolute Gasteiger partial charge is 0.254 e. The predicted molar refractivity (Wildman–Crippen MR) is 82.0 cm³/mol. The number of carbonyl (C=O) groups is 1. The van der Waals surface area contributed by atoms with E-state index in [1.807, 2.05) is 12.1 Å². The Morgan fingerprint density at radius 2 is 1.91 bits per heavy atom. The summed E-state index contributed by atoms with van der Waals surface area (Å²) in [5.41, 5.74) is 0.954. The van der Waals surface area contributed by atoms with Gasteiger partial charge in [0.15, 0.2) is 0 Å². The Bertz CT molecular complexity index is 658. The Morgan fingerprint density at radius 3 is 2.59 bits per heavy atom. The average Bonchev–Trinajstić information content (AvgIpc) is 2.55. The lowest BCUT2D eigenvalue weighted by Gasteiger charge is -2.11. The van der Waals surface area contributed by atoms with Crippen molar-refractivity contribution in [2.24, 2.45) is 0 Å². The van der Waals surface area contributed by atoms with Crippen molar-refractivity contribution >= 4 is 5.91 Å². The molecule has 4 nitrogen and oxygen atoms in total. The van der Waals surface area contributed by atoms with Gasteiger partial charge in [0.05, 0.1) is 19.8 Å². The molecule has 0 heterocycles. The summed E-state index contributed by atoms with van der Waals surface area (Å²) >= 11 is 0. The van der Waals surface area contributed by atoms with Gasteiger partial charge in [0.2, 0.25) is 0 Å². The van der Waals surface area contributed by atoms with E-state index in [0.717, 1.165) is 17.1 Å².